The number of aryl methyl sites for hydroxylation is 1. The van der Waals surface area contributed by atoms with Crippen molar-refractivity contribution >= 4 is 5.91 Å². The van der Waals surface area contributed by atoms with Crippen molar-refractivity contribution in [2.75, 3.05) is 0 Å². The van der Waals surface area contributed by atoms with Crippen LogP contribution in [0, 0.1) is 6.92 Å². The van der Waals surface area contributed by atoms with Crippen molar-refractivity contribution in [3.63, 3.8) is 0 Å². The Hall–Kier alpha value is -2.37. The van der Waals surface area contributed by atoms with E-state index in [0.29, 0.717) is 12.5 Å². The van der Waals surface area contributed by atoms with Crippen LogP contribution in [0.1, 0.15) is 60.4 Å². The van der Waals surface area contributed by atoms with Crippen LogP contribution in [0.25, 0.3) is 0 Å². The molecule has 1 N–H and O–H groups in total. The van der Waals surface area contributed by atoms with Gasteiger partial charge in [0.2, 0.25) is 5.91 Å². The molecule has 0 atom stereocenters. The van der Waals surface area contributed by atoms with Crippen LogP contribution < -0.4 is 10.1 Å². The van der Waals surface area contributed by atoms with Gasteiger partial charge in [0, 0.05) is 25.9 Å². The van der Waals surface area contributed by atoms with Crippen molar-refractivity contribution in [1.82, 2.24) is 20.1 Å². The first-order valence-electron chi connectivity index (χ1n) is 9.42. The summed E-state index contributed by atoms with van der Waals surface area (Å²) in [6.07, 6.45) is 5.32. The molecule has 2 aliphatic carbocycles. The zero-order chi connectivity index (χ0) is 18.3. The second-order valence-corrected chi connectivity index (χ2v) is 7.58. The largest absolute Gasteiger partial charge is 0.485 e. The molecule has 6 nitrogen and oxygen atoms in total. The summed E-state index contributed by atoms with van der Waals surface area (Å²) in [5, 5.41) is 11.7. The Labute approximate surface area is 154 Å². The van der Waals surface area contributed by atoms with E-state index in [1.165, 1.54) is 23.1 Å². The number of rotatable bonds is 5. The lowest BCUT2D eigenvalue weighted by molar-refractivity contribution is -0.120. The summed E-state index contributed by atoms with van der Waals surface area (Å²) in [6, 6.07) is 4.50. The van der Waals surface area contributed by atoms with Crippen LogP contribution in [0.3, 0.4) is 0 Å². The Morgan fingerprint density at radius 1 is 1.27 bits per heavy atom. The first-order valence-corrected chi connectivity index (χ1v) is 9.42. The van der Waals surface area contributed by atoms with E-state index in [0.717, 1.165) is 43.1 Å². The molecule has 1 aromatic heterocycles. The molecule has 0 saturated heterocycles. The summed E-state index contributed by atoms with van der Waals surface area (Å²) >= 11 is 0. The number of aromatic nitrogens is 3. The number of nitrogens with one attached hydrogen (secondary N) is 1. The maximum absolute atomic E-state index is 11.1. The topological polar surface area (TPSA) is 69.0 Å². The normalized spacial score (nSPS) is 21.2. The van der Waals surface area contributed by atoms with E-state index in [1.807, 2.05) is 11.6 Å². The highest BCUT2D eigenvalue weighted by atomic mass is 16.5. The minimum Gasteiger partial charge on any atom is -0.485 e. The molecule has 1 fully saturated rings. The number of benzene rings is 1. The fourth-order valence-electron chi connectivity index (χ4n) is 4.22. The predicted octanol–water partition coefficient (Wildman–Crippen LogP) is 2.57. The van der Waals surface area contributed by atoms with Crippen molar-refractivity contribution in [3.8, 4) is 5.75 Å². The molecule has 26 heavy (non-hydrogen) atoms. The van der Waals surface area contributed by atoms with Crippen molar-refractivity contribution in [3.05, 3.63) is 40.5 Å². The van der Waals surface area contributed by atoms with Crippen molar-refractivity contribution in [2.45, 2.75) is 64.5 Å². The number of nitrogens with zero attached hydrogens (tertiary/aromatic N) is 3. The third kappa shape index (κ3) is 3.08. The number of ether oxygens (including phenoxy) is 1. The second kappa shape index (κ2) is 6.74. The third-order valence-corrected chi connectivity index (χ3v) is 5.74. The molecule has 0 unspecified atom stereocenters. The molecule has 4 rings (SSSR count). The van der Waals surface area contributed by atoms with Crippen molar-refractivity contribution in [1.29, 1.82) is 0 Å². The SMILES string of the molecule is CC(=O)NC1CC(c2nnc(COc3ccc(C)c4c3CCC4)n2C)C1. The maximum Gasteiger partial charge on any atom is 0.217 e. The summed E-state index contributed by atoms with van der Waals surface area (Å²) in [7, 11) is 2.00. The predicted molar refractivity (Wildman–Crippen MR) is 98.1 cm³/mol. The van der Waals surface area contributed by atoms with Gasteiger partial charge >= 0.3 is 0 Å². The Morgan fingerprint density at radius 2 is 2.04 bits per heavy atom. The number of hydrogen-bond donors (Lipinski definition) is 1. The average molecular weight is 354 g/mol. The summed E-state index contributed by atoms with van der Waals surface area (Å²) in [6.45, 7) is 4.17. The first kappa shape index (κ1) is 17.1. The van der Waals surface area contributed by atoms with Gasteiger partial charge in [0.15, 0.2) is 5.82 Å². The molecule has 1 aromatic carbocycles. The summed E-state index contributed by atoms with van der Waals surface area (Å²) in [5.74, 6) is 3.21. The number of carbonyl (C=O) groups is 1. The summed E-state index contributed by atoms with van der Waals surface area (Å²) < 4.78 is 8.15. The molecule has 0 aliphatic heterocycles. The van der Waals surface area contributed by atoms with Gasteiger partial charge in [-0.05, 0) is 61.8 Å². The maximum atomic E-state index is 11.1. The number of carbonyl (C=O) groups excluding carboxylic acids is 1. The zero-order valence-electron chi connectivity index (χ0n) is 15.7. The standard InChI is InChI=1S/C20H26N4O2/c1-12-7-8-18(17-6-4-5-16(12)17)26-11-19-22-23-20(24(19)3)14-9-15(10-14)21-13(2)25/h7-8,14-15H,4-6,9-11H2,1-3H3,(H,21,25). The van der Waals surface area contributed by atoms with Crippen LogP contribution in [-0.4, -0.2) is 26.7 Å². The van der Waals surface area contributed by atoms with Gasteiger partial charge in [-0.2, -0.15) is 0 Å². The minimum atomic E-state index is 0.0335. The lowest BCUT2D eigenvalue weighted by Crippen LogP contribution is -2.43. The molecule has 0 spiro atoms. The van der Waals surface area contributed by atoms with E-state index < -0.39 is 0 Å². The quantitative estimate of drug-likeness (QED) is 0.896. The van der Waals surface area contributed by atoms with Crippen LogP contribution in [0.15, 0.2) is 12.1 Å². The monoisotopic (exact) mass is 354 g/mol. The molecule has 0 bridgehead atoms. The average Bonchev–Trinajstić information content (AvgIpc) is 3.18. The van der Waals surface area contributed by atoms with Gasteiger partial charge in [-0.1, -0.05) is 6.07 Å². The van der Waals surface area contributed by atoms with Crippen molar-refractivity contribution < 1.29 is 9.53 Å². The Balaban J connectivity index is 1.41. The van der Waals surface area contributed by atoms with Gasteiger partial charge in [0.1, 0.15) is 18.2 Å². The Morgan fingerprint density at radius 3 is 2.81 bits per heavy atom. The number of hydrogen-bond acceptors (Lipinski definition) is 4. The molecule has 0 radical (unpaired) electrons. The van der Waals surface area contributed by atoms with Gasteiger partial charge in [-0.25, -0.2) is 0 Å². The minimum absolute atomic E-state index is 0.0335. The van der Waals surface area contributed by atoms with Gasteiger partial charge in [-0.3, -0.25) is 4.79 Å². The highest BCUT2D eigenvalue weighted by molar-refractivity contribution is 5.73. The van der Waals surface area contributed by atoms with Crippen LogP contribution in [-0.2, 0) is 31.3 Å². The Kier molecular flexibility index (Phi) is 4.42. The molecule has 138 valence electrons. The molecule has 6 heteroatoms. The first-order chi connectivity index (χ1) is 12.5. The van der Waals surface area contributed by atoms with E-state index in [9.17, 15) is 4.79 Å². The molecule has 2 aromatic rings. The highest BCUT2D eigenvalue weighted by Gasteiger charge is 2.34. The van der Waals surface area contributed by atoms with E-state index in [1.54, 1.807) is 6.92 Å². The molecule has 1 heterocycles. The molecular formula is C20H26N4O2. The summed E-state index contributed by atoms with van der Waals surface area (Å²) in [4.78, 5) is 11.1. The third-order valence-electron chi connectivity index (χ3n) is 5.74. The van der Waals surface area contributed by atoms with E-state index in [4.69, 9.17) is 4.74 Å². The lowest BCUT2D eigenvalue weighted by Gasteiger charge is -2.34. The van der Waals surface area contributed by atoms with E-state index >= 15 is 0 Å². The fourth-order valence-corrected chi connectivity index (χ4v) is 4.22. The molecule has 1 saturated carbocycles. The van der Waals surface area contributed by atoms with Gasteiger partial charge in [0.05, 0.1) is 0 Å². The molecule has 2 aliphatic rings. The Bertz CT molecular complexity index is 837. The van der Waals surface area contributed by atoms with Gasteiger partial charge in [-0.15, -0.1) is 10.2 Å². The highest BCUT2D eigenvalue weighted by Crippen LogP contribution is 2.36. The lowest BCUT2D eigenvalue weighted by atomic mass is 9.79. The molecular weight excluding hydrogens is 328 g/mol. The zero-order valence-corrected chi connectivity index (χ0v) is 15.7. The van der Waals surface area contributed by atoms with Crippen LogP contribution in [0.5, 0.6) is 5.75 Å². The number of fused-ring (bicyclic) bond motifs is 1. The summed E-state index contributed by atoms with van der Waals surface area (Å²) in [5.41, 5.74) is 4.19. The van der Waals surface area contributed by atoms with Gasteiger partial charge in [0.25, 0.3) is 0 Å². The fraction of sp³-hybridized carbons (Fsp3) is 0.550. The smallest absolute Gasteiger partial charge is 0.217 e. The molecule has 1 amide bonds. The van der Waals surface area contributed by atoms with E-state index in [-0.39, 0.29) is 11.9 Å². The second-order valence-electron chi connectivity index (χ2n) is 7.58. The van der Waals surface area contributed by atoms with Crippen molar-refractivity contribution in [2.24, 2.45) is 7.05 Å². The van der Waals surface area contributed by atoms with E-state index in [2.05, 4.69) is 34.6 Å². The number of amides is 1. The van der Waals surface area contributed by atoms with Crippen LogP contribution >= 0.6 is 0 Å². The van der Waals surface area contributed by atoms with Crippen LogP contribution in [0.2, 0.25) is 0 Å². The van der Waals surface area contributed by atoms with Crippen LogP contribution in [0.4, 0.5) is 0 Å². The van der Waals surface area contributed by atoms with Gasteiger partial charge < -0.3 is 14.6 Å².